The largest absolute Gasteiger partial charge is 0.491 e. The number of aldehydes is 1. The second-order valence-corrected chi connectivity index (χ2v) is 8.41. The first-order valence-electron chi connectivity index (χ1n) is 11.6. The molecule has 176 valence electrons. The summed E-state index contributed by atoms with van der Waals surface area (Å²) in [6.07, 6.45) is 7.26. The molecule has 2 N–H and O–H groups in total. The first kappa shape index (κ1) is 23.3. The van der Waals surface area contributed by atoms with E-state index in [0.29, 0.717) is 36.5 Å². The second-order valence-electron chi connectivity index (χ2n) is 8.41. The standard InChI is InChI=1S/C27H30N4O3/c1-4-33-27-20(8-7-13-29-27)22-16-19-11-14-28-23(17-32)25(19)26(31-22)30-21-9-5-6-10-24(21)34-15-12-18(2)3/h5-11,13-14,16-18,23,28H,4,12,15H2,1-3H3,(H,30,31). The number of nitrogens with one attached hydrogen (secondary N) is 2. The van der Waals surface area contributed by atoms with Gasteiger partial charge in [0.05, 0.1) is 30.2 Å². The molecule has 0 saturated carbocycles. The van der Waals surface area contributed by atoms with E-state index in [1.807, 2.05) is 55.5 Å². The average Bonchev–Trinajstić information content (AvgIpc) is 2.85. The van der Waals surface area contributed by atoms with Crippen LogP contribution >= 0.6 is 0 Å². The molecule has 4 rings (SSSR count). The molecule has 0 spiro atoms. The highest BCUT2D eigenvalue weighted by molar-refractivity contribution is 5.81. The Hall–Kier alpha value is -3.87. The highest BCUT2D eigenvalue weighted by atomic mass is 16.5. The average molecular weight is 459 g/mol. The van der Waals surface area contributed by atoms with E-state index in [1.165, 1.54) is 0 Å². The number of aromatic nitrogens is 2. The van der Waals surface area contributed by atoms with Crippen LogP contribution in [0.4, 0.5) is 11.5 Å². The predicted octanol–water partition coefficient (Wildman–Crippen LogP) is 5.52. The molecule has 0 saturated heterocycles. The molecule has 1 atom stereocenters. The van der Waals surface area contributed by atoms with Crippen molar-refractivity contribution < 1.29 is 14.3 Å². The van der Waals surface area contributed by atoms with Gasteiger partial charge in [-0.2, -0.15) is 0 Å². The highest BCUT2D eigenvalue weighted by Gasteiger charge is 2.24. The van der Waals surface area contributed by atoms with E-state index < -0.39 is 6.04 Å². The molecule has 34 heavy (non-hydrogen) atoms. The summed E-state index contributed by atoms with van der Waals surface area (Å²) in [5.41, 5.74) is 3.94. The molecule has 0 amide bonds. The molecule has 0 bridgehead atoms. The van der Waals surface area contributed by atoms with Crippen LogP contribution in [-0.2, 0) is 4.79 Å². The quantitative estimate of drug-likeness (QED) is 0.387. The fraction of sp³-hybridized carbons (Fsp3) is 0.296. The van der Waals surface area contributed by atoms with Crippen LogP contribution in [0.3, 0.4) is 0 Å². The lowest BCUT2D eigenvalue weighted by atomic mass is 9.97. The van der Waals surface area contributed by atoms with Gasteiger partial charge in [-0.3, -0.25) is 0 Å². The van der Waals surface area contributed by atoms with Crippen molar-refractivity contribution in [2.24, 2.45) is 5.92 Å². The molecule has 7 nitrogen and oxygen atoms in total. The van der Waals surface area contributed by atoms with Crippen LogP contribution in [0.2, 0.25) is 0 Å². The summed E-state index contributed by atoms with van der Waals surface area (Å²) in [5.74, 6) is 2.39. The van der Waals surface area contributed by atoms with Crippen LogP contribution in [0.25, 0.3) is 17.3 Å². The Morgan fingerprint density at radius 3 is 2.82 bits per heavy atom. The molecule has 0 fully saturated rings. The smallest absolute Gasteiger partial charge is 0.222 e. The van der Waals surface area contributed by atoms with E-state index in [-0.39, 0.29) is 0 Å². The van der Waals surface area contributed by atoms with E-state index >= 15 is 0 Å². The van der Waals surface area contributed by atoms with Gasteiger partial charge in [0.1, 0.15) is 23.9 Å². The topological polar surface area (TPSA) is 85.4 Å². The van der Waals surface area contributed by atoms with Crippen LogP contribution in [-0.4, -0.2) is 29.5 Å². The Balaban J connectivity index is 1.78. The minimum atomic E-state index is -0.515. The first-order chi connectivity index (χ1) is 16.6. The monoisotopic (exact) mass is 458 g/mol. The summed E-state index contributed by atoms with van der Waals surface area (Å²) in [6, 6.07) is 13.0. The van der Waals surface area contributed by atoms with Crippen LogP contribution < -0.4 is 20.1 Å². The first-order valence-corrected chi connectivity index (χ1v) is 11.6. The zero-order valence-corrected chi connectivity index (χ0v) is 19.7. The number of para-hydroxylation sites is 2. The summed E-state index contributed by atoms with van der Waals surface area (Å²) < 4.78 is 11.8. The molecular weight excluding hydrogens is 428 g/mol. The number of hydrogen-bond acceptors (Lipinski definition) is 7. The summed E-state index contributed by atoms with van der Waals surface area (Å²) >= 11 is 0. The van der Waals surface area contributed by atoms with E-state index in [0.717, 1.165) is 40.8 Å². The maximum Gasteiger partial charge on any atom is 0.222 e. The molecule has 7 heteroatoms. The number of ether oxygens (including phenoxy) is 2. The third-order valence-electron chi connectivity index (χ3n) is 5.50. The normalized spacial score (nSPS) is 14.3. The lowest BCUT2D eigenvalue weighted by molar-refractivity contribution is -0.109. The van der Waals surface area contributed by atoms with Gasteiger partial charge in [0.25, 0.3) is 0 Å². The molecule has 0 radical (unpaired) electrons. The molecule has 3 aromatic rings. The number of carbonyl (C=O) groups excluding carboxylic acids is 1. The number of nitrogens with zero attached hydrogens (tertiary/aromatic N) is 2. The molecule has 1 aliphatic rings. The summed E-state index contributed by atoms with van der Waals surface area (Å²) in [5, 5.41) is 6.54. The number of anilines is 2. The third kappa shape index (κ3) is 5.20. The Kier molecular flexibility index (Phi) is 7.42. The molecule has 1 aromatic carbocycles. The van der Waals surface area contributed by atoms with Crippen molar-refractivity contribution in [2.45, 2.75) is 33.2 Å². The summed E-state index contributed by atoms with van der Waals surface area (Å²) in [6.45, 7) is 7.38. The lowest BCUT2D eigenvalue weighted by Crippen LogP contribution is -2.23. The third-order valence-corrected chi connectivity index (χ3v) is 5.50. The highest BCUT2D eigenvalue weighted by Crippen LogP contribution is 2.37. The number of benzene rings is 1. The minimum absolute atomic E-state index is 0.498. The number of carbonyl (C=O) groups is 1. The van der Waals surface area contributed by atoms with Crippen molar-refractivity contribution >= 4 is 23.9 Å². The Morgan fingerprint density at radius 1 is 1.18 bits per heavy atom. The van der Waals surface area contributed by atoms with Gasteiger partial charge in [-0.15, -0.1) is 0 Å². The van der Waals surface area contributed by atoms with Crippen LogP contribution in [0.5, 0.6) is 11.6 Å². The molecule has 3 heterocycles. The van der Waals surface area contributed by atoms with Crippen molar-refractivity contribution in [3.8, 4) is 22.9 Å². The Labute approximate surface area is 200 Å². The van der Waals surface area contributed by atoms with Gasteiger partial charge in [-0.25, -0.2) is 9.97 Å². The van der Waals surface area contributed by atoms with Gasteiger partial charge in [0, 0.05) is 11.8 Å². The fourth-order valence-corrected chi connectivity index (χ4v) is 3.77. The van der Waals surface area contributed by atoms with Gasteiger partial charge in [-0.1, -0.05) is 26.0 Å². The zero-order valence-electron chi connectivity index (χ0n) is 19.7. The van der Waals surface area contributed by atoms with Gasteiger partial charge in [0.2, 0.25) is 5.88 Å². The molecule has 1 unspecified atom stereocenters. The van der Waals surface area contributed by atoms with Crippen molar-refractivity contribution in [1.29, 1.82) is 0 Å². The maximum atomic E-state index is 11.9. The van der Waals surface area contributed by atoms with Crippen molar-refractivity contribution in [3.05, 3.63) is 66.0 Å². The van der Waals surface area contributed by atoms with Crippen molar-refractivity contribution in [2.75, 3.05) is 18.5 Å². The van der Waals surface area contributed by atoms with E-state index in [2.05, 4.69) is 29.5 Å². The SMILES string of the molecule is CCOc1ncccc1-c1cc2c(c(Nc3ccccc3OCCC(C)C)n1)C(C=O)NC=C2. The van der Waals surface area contributed by atoms with Gasteiger partial charge >= 0.3 is 0 Å². The lowest BCUT2D eigenvalue weighted by Gasteiger charge is -2.24. The van der Waals surface area contributed by atoms with E-state index in [9.17, 15) is 4.79 Å². The van der Waals surface area contributed by atoms with E-state index in [1.54, 1.807) is 12.4 Å². The van der Waals surface area contributed by atoms with E-state index in [4.69, 9.17) is 14.5 Å². The number of pyridine rings is 2. The number of rotatable bonds is 10. The fourth-order valence-electron chi connectivity index (χ4n) is 3.77. The van der Waals surface area contributed by atoms with Gasteiger partial charge in [0.15, 0.2) is 0 Å². The second kappa shape index (κ2) is 10.8. The molecular formula is C27H30N4O3. The van der Waals surface area contributed by atoms with Gasteiger partial charge < -0.3 is 24.9 Å². The predicted molar refractivity (Wildman–Crippen MR) is 134 cm³/mol. The summed E-state index contributed by atoms with van der Waals surface area (Å²) in [4.78, 5) is 21.2. The van der Waals surface area contributed by atoms with Crippen LogP contribution in [0.15, 0.2) is 54.9 Å². The summed E-state index contributed by atoms with van der Waals surface area (Å²) in [7, 11) is 0. The zero-order chi connectivity index (χ0) is 23.9. The minimum Gasteiger partial charge on any atom is -0.491 e. The molecule has 2 aromatic heterocycles. The van der Waals surface area contributed by atoms with Crippen molar-refractivity contribution in [3.63, 3.8) is 0 Å². The number of fused-ring (bicyclic) bond motifs is 1. The van der Waals surface area contributed by atoms with Crippen LogP contribution in [0.1, 0.15) is 44.4 Å². The van der Waals surface area contributed by atoms with Crippen LogP contribution in [0, 0.1) is 5.92 Å². The van der Waals surface area contributed by atoms with Crippen molar-refractivity contribution in [1.82, 2.24) is 15.3 Å². The molecule has 1 aliphatic heterocycles. The Bertz CT molecular complexity index is 1180. The van der Waals surface area contributed by atoms with Gasteiger partial charge in [-0.05, 0) is 67.4 Å². The molecule has 0 aliphatic carbocycles. The number of hydrogen-bond donors (Lipinski definition) is 2. The maximum absolute atomic E-state index is 11.9. The Morgan fingerprint density at radius 2 is 2.03 bits per heavy atom.